The molecule has 0 aliphatic carbocycles. The molecule has 4 heteroatoms. The molecule has 68 valence electrons. The fraction of sp³-hybridized carbons (Fsp3) is 0.333. The highest BCUT2D eigenvalue weighted by Crippen LogP contribution is 2.10. The van der Waals surface area contributed by atoms with Crippen molar-refractivity contribution in [2.75, 3.05) is 0 Å². The van der Waals surface area contributed by atoms with E-state index in [4.69, 9.17) is 0 Å². The molecule has 1 aromatic carbocycles. The first-order valence-corrected chi connectivity index (χ1v) is 4.75. The zero-order chi connectivity index (χ0) is 9.26. The van der Waals surface area contributed by atoms with Gasteiger partial charge in [0.2, 0.25) is 0 Å². The standard InChI is InChI=1S/C9H11N3S/c1-7(13)6-12-9-5-3-2-4-8(9)10-11-12/h2-5,7,13H,6H2,1H3. The average Bonchev–Trinajstić information content (AvgIpc) is 2.48. The maximum atomic E-state index is 4.32. The molecule has 0 fully saturated rings. The van der Waals surface area contributed by atoms with Gasteiger partial charge in [0.25, 0.3) is 0 Å². The van der Waals surface area contributed by atoms with Crippen molar-refractivity contribution in [3.05, 3.63) is 24.3 Å². The van der Waals surface area contributed by atoms with Crippen molar-refractivity contribution in [1.29, 1.82) is 0 Å². The van der Waals surface area contributed by atoms with Gasteiger partial charge in [-0.15, -0.1) is 5.10 Å². The maximum Gasteiger partial charge on any atom is 0.113 e. The lowest BCUT2D eigenvalue weighted by molar-refractivity contribution is 0.606. The molecule has 0 bridgehead atoms. The molecule has 0 aliphatic rings. The monoisotopic (exact) mass is 193 g/mol. The van der Waals surface area contributed by atoms with Crippen molar-refractivity contribution in [2.45, 2.75) is 18.7 Å². The molecule has 0 aliphatic heterocycles. The van der Waals surface area contributed by atoms with Crippen molar-refractivity contribution in [1.82, 2.24) is 15.0 Å². The first kappa shape index (κ1) is 8.56. The van der Waals surface area contributed by atoms with Crippen molar-refractivity contribution in [3.8, 4) is 0 Å². The molecule has 1 heterocycles. The van der Waals surface area contributed by atoms with E-state index in [1.165, 1.54) is 0 Å². The van der Waals surface area contributed by atoms with E-state index < -0.39 is 0 Å². The van der Waals surface area contributed by atoms with E-state index >= 15 is 0 Å². The summed E-state index contributed by atoms with van der Waals surface area (Å²) in [5.74, 6) is 0. The summed E-state index contributed by atoms with van der Waals surface area (Å²) in [5, 5.41) is 8.40. The Morgan fingerprint density at radius 3 is 3.00 bits per heavy atom. The minimum atomic E-state index is 0.296. The lowest BCUT2D eigenvalue weighted by Crippen LogP contribution is -2.08. The Labute approximate surface area is 82.2 Å². The first-order valence-electron chi connectivity index (χ1n) is 4.23. The predicted molar refractivity (Wildman–Crippen MR) is 56.0 cm³/mol. The van der Waals surface area contributed by atoms with Crippen LogP contribution in [0, 0.1) is 0 Å². The van der Waals surface area contributed by atoms with E-state index in [2.05, 4.69) is 22.9 Å². The number of aromatic nitrogens is 3. The van der Waals surface area contributed by atoms with E-state index in [-0.39, 0.29) is 0 Å². The second-order valence-corrected chi connectivity index (χ2v) is 3.99. The van der Waals surface area contributed by atoms with Crippen LogP contribution < -0.4 is 0 Å². The molecule has 1 atom stereocenters. The van der Waals surface area contributed by atoms with E-state index in [0.29, 0.717) is 5.25 Å². The summed E-state index contributed by atoms with van der Waals surface area (Å²) in [6.45, 7) is 2.84. The minimum absolute atomic E-state index is 0.296. The third-order valence-electron chi connectivity index (χ3n) is 1.86. The van der Waals surface area contributed by atoms with Crippen LogP contribution in [0.5, 0.6) is 0 Å². The van der Waals surface area contributed by atoms with Crippen LogP contribution in [0.2, 0.25) is 0 Å². The molecule has 1 unspecified atom stereocenters. The fourth-order valence-electron chi connectivity index (χ4n) is 1.30. The van der Waals surface area contributed by atoms with Crippen LogP contribution in [0.3, 0.4) is 0 Å². The zero-order valence-corrected chi connectivity index (χ0v) is 8.28. The number of hydrogen-bond acceptors (Lipinski definition) is 3. The first-order chi connectivity index (χ1) is 6.27. The van der Waals surface area contributed by atoms with Crippen LogP contribution >= 0.6 is 12.6 Å². The summed E-state index contributed by atoms with van der Waals surface area (Å²) in [6, 6.07) is 7.93. The van der Waals surface area contributed by atoms with Gasteiger partial charge in [-0.3, -0.25) is 0 Å². The van der Waals surface area contributed by atoms with Gasteiger partial charge in [0.05, 0.1) is 12.1 Å². The molecule has 0 saturated heterocycles. The lowest BCUT2D eigenvalue weighted by atomic mass is 10.3. The molecule has 2 aromatic rings. The van der Waals surface area contributed by atoms with Gasteiger partial charge < -0.3 is 0 Å². The average molecular weight is 193 g/mol. The Kier molecular flexibility index (Phi) is 2.22. The minimum Gasteiger partial charge on any atom is -0.244 e. The number of thiol groups is 1. The van der Waals surface area contributed by atoms with Crippen LogP contribution in [-0.4, -0.2) is 20.2 Å². The largest absolute Gasteiger partial charge is 0.244 e. The van der Waals surface area contributed by atoms with Crippen LogP contribution in [0.15, 0.2) is 24.3 Å². The van der Waals surface area contributed by atoms with Crippen molar-refractivity contribution < 1.29 is 0 Å². The zero-order valence-electron chi connectivity index (χ0n) is 7.38. The summed E-state index contributed by atoms with van der Waals surface area (Å²) in [7, 11) is 0. The Morgan fingerprint density at radius 2 is 2.23 bits per heavy atom. The Morgan fingerprint density at radius 1 is 1.46 bits per heavy atom. The highest BCUT2D eigenvalue weighted by atomic mass is 32.1. The van der Waals surface area contributed by atoms with E-state index in [9.17, 15) is 0 Å². The molecular formula is C9H11N3S. The molecule has 0 amide bonds. The van der Waals surface area contributed by atoms with Gasteiger partial charge in [0.15, 0.2) is 0 Å². The normalized spacial score (nSPS) is 13.4. The SMILES string of the molecule is CC(S)Cn1nnc2ccccc21. The summed E-state index contributed by atoms with van der Waals surface area (Å²) in [6.07, 6.45) is 0. The van der Waals surface area contributed by atoms with Crippen LogP contribution in [-0.2, 0) is 6.54 Å². The van der Waals surface area contributed by atoms with E-state index in [0.717, 1.165) is 17.6 Å². The molecule has 2 rings (SSSR count). The van der Waals surface area contributed by atoms with Crippen molar-refractivity contribution in [2.24, 2.45) is 0 Å². The molecule has 13 heavy (non-hydrogen) atoms. The second-order valence-electron chi connectivity index (χ2n) is 3.11. The Bertz CT molecular complexity index is 408. The third-order valence-corrected chi connectivity index (χ3v) is 2.02. The number of nitrogens with zero attached hydrogens (tertiary/aromatic N) is 3. The van der Waals surface area contributed by atoms with Crippen molar-refractivity contribution in [3.63, 3.8) is 0 Å². The van der Waals surface area contributed by atoms with Crippen LogP contribution in [0.4, 0.5) is 0 Å². The Hall–Kier alpha value is -1.03. The van der Waals surface area contributed by atoms with Gasteiger partial charge in [-0.2, -0.15) is 12.6 Å². The fourth-order valence-corrected chi connectivity index (χ4v) is 1.46. The number of rotatable bonds is 2. The topological polar surface area (TPSA) is 30.7 Å². The lowest BCUT2D eigenvalue weighted by Gasteiger charge is -2.03. The Balaban J connectivity index is 2.46. The molecule has 0 radical (unpaired) electrons. The molecule has 3 nitrogen and oxygen atoms in total. The maximum absolute atomic E-state index is 4.32. The highest BCUT2D eigenvalue weighted by Gasteiger charge is 2.04. The second kappa shape index (κ2) is 3.38. The summed E-state index contributed by atoms with van der Waals surface area (Å²) in [4.78, 5) is 0. The van der Waals surface area contributed by atoms with Crippen LogP contribution in [0.25, 0.3) is 11.0 Å². The molecule has 0 N–H and O–H groups in total. The summed E-state index contributed by atoms with van der Waals surface area (Å²) < 4.78 is 1.88. The molecule has 0 saturated carbocycles. The predicted octanol–water partition coefficient (Wildman–Crippen LogP) is 1.75. The van der Waals surface area contributed by atoms with Gasteiger partial charge in [0, 0.05) is 5.25 Å². The van der Waals surface area contributed by atoms with Crippen molar-refractivity contribution >= 4 is 23.7 Å². The smallest absolute Gasteiger partial charge is 0.113 e. The van der Waals surface area contributed by atoms with E-state index in [1.54, 1.807) is 0 Å². The van der Waals surface area contributed by atoms with Crippen LogP contribution in [0.1, 0.15) is 6.92 Å². The van der Waals surface area contributed by atoms with Gasteiger partial charge in [0.1, 0.15) is 5.52 Å². The number of fused-ring (bicyclic) bond motifs is 1. The molecular weight excluding hydrogens is 182 g/mol. The van der Waals surface area contributed by atoms with Gasteiger partial charge in [-0.1, -0.05) is 24.3 Å². The van der Waals surface area contributed by atoms with E-state index in [1.807, 2.05) is 35.9 Å². The third kappa shape index (κ3) is 1.67. The number of benzene rings is 1. The van der Waals surface area contributed by atoms with Gasteiger partial charge in [-0.25, -0.2) is 4.68 Å². The van der Waals surface area contributed by atoms with Gasteiger partial charge in [-0.05, 0) is 12.1 Å². The molecule has 0 spiro atoms. The number of hydrogen-bond donors (Lipinski definition) is 1. The summed E-state index contributed by atoms with van der Waals surface area (Å²) in [5.41, 5.74) is 2.01. The van der Waals surface area contributed by atoms with Gasteiger partial charge >= 0.3 is 0 Å². The number of para-hydroxylation sites is 1. The highest BCUT2D eigenvalue weighted by molar-refractivity contribution is 7.80. The summed E-state index contributed by atoms with van der Waals surface area (Å²) >= 11 is 4.32. The molecule has 1 aromatic heterocycles. The quantitative estimate of drug-likeness (QED) is 0.737.